The lowest BCUT2D eigenvalue weighted by atomic mass is 9.87. The second-order valence-electron chi connectivity index (χ2n) is 5.77. The summed E-state index contributed by atoms with van der Waals surface area (Å²) in [7, 11) is 0. The van der Waals surface area contributed by atoms with Crippen LogP contribution in [0.1, 0.15) is 36.2 Å². The van der Waals surface area contributed by atoms with Crippen LogP contribution in [0.2, 0.25) is 0 Å². The van der Waals surface area contributed by atoms with Gasteiger partial charge in [0.05, 0.1) is 11.6 Å². The highest BCUT2D eigenvalue weighted by Gasteiger charge is 2.21. The highest BCUT2D eigenvalue weighted by molar-refractivity contribution is 6.05. The van der Waals surface area contributed by atoms with Gasteiger partial charge in [-0.05, 0) is 43.4 Å². The predicted octanol–water partition coefficient (Wildman–Crippen LogP) is 1.43. The Kier molecular flexibility index (Phi) is 3.79. The van der Waals surface area contributed by atoms with E-state index in [2.05, 4.69) is 15.5 Å². The first-order valence-electron chi connectivity index (χ1n) is 7.33. The number of carbonyl (C=O) groups excluding carboxylic acids is 1. The summed E-state index contributed by atoms with van der Waals surface area (Å²) in [5, 5.41) is 20.2. The van der Waals surface area contributed by atoms with E-state index in [1.807, 2.05) is 6.07 Å². The highest BCUT2D eigenvalue weighted by Crippen LogP contribution is 2.24. The van der Waals surface area contributed by atoms with Crippen LogP contribution in [0.3, 0.4) is 0 Å². The Bertz CT molecular complexity index is 652. The Labute approximate surface area is 122 Å². The summed E-state index contributed by atoms with van der Waals surface area (Å²) in [4.78, 5) is 12.3. The van der Waals surface area contributed by atoms with Gasteiger partial charge in [0.2, 0.25) is 0 Å². The van der Waals surface area contributed by atoms with Crippen molar-refractivity contribution in [3.63, 3.8) is 0 Å². The molecule has 1 aliphatic carbocycles. The third kappa shape index (κ3) is 3.00. The van der Waals surface area contributed by atoms with Crippen molar-refractivity contribution in [2.24, 2.45) is 5.92 Å². The number of aromatic amines is 1. The number of nitrogens with one attached hydrogen (secondary N) is 2. The van der Waals surface area contributed by atoms with Crippen LogP contribution in [0.15, 0.2) is 18.2 Å². The van der Waals surface area contributed by atoms with Gasteiger partial charge in [-0.3, -0.25) is 9.89 Å². The number of rotatable bonds is 3. The average molecular weight is 288 g/mol. The van der Waals surface area contributed by atoms with Crippen LogP contribution >= 0.6 is 0 Å². The molecule has 1 fully saturated rings. The molecule has 6 heteroatoms. The average Bonchev–Trinajstić information content (AvgIpc) is 2.88. The molecule has 1 aromatic carbocycles. The van der Waals surface area contributed by atoms with Crippen molar-refractivity contribution < 1.29 is 9.90 Å². The van der Waals surface area contributed by atoms with Crippen LogP contribution in [0.4, 0.5) is 5.69 Å². The molecule has 2 unspecified atom stereocenters. The van der Waals surface area contributed by atoms with Gasteiger partial charge in [0, 0.05) is 17.6 Å². The first-order valence-corrected chi connectivity index (χ1v) is 7.33. The molecule has 0 radical (unpaired) electrons. The van der Waals surface area contributed by atoms with E-state index in [1.54, 1.807) is 12.1 Å². The van der Waals surface area contributed by atoms with Gasteiger partial charge in [0.25, 0.3) is 5.91 Å². The van der Waals surface area contributed by atoms with E-state index in [4.69, 9.17) is 5.73 Å². The highest BCUT2D eigenvalue weighted by atomic mass is 16.3. The molecule has 2 atom stereocenters. The lowest BCUT2D eigenvalue weighted by Crippen LogP contribution is -2.33. The van der Waals surface area contributed by atoms with Crippen molar-refractivity contribution in [3.8, 4) is 0 Å². The number of fused-ring (bicyclic) bond motifs is 1. The normalized spacial score (nSPS) is 22.3. The van der Waals surface area contributed by atoms with Crippen molar-refractivity contribution in [3.05, 3.63) is 23.9 Å². The number of nitrogens with zero attached hydrogens (tertiary/aromatic N) is 1. The number of aromatic nitrogens is 2. The Hall–Kier alpha value is -2.08. The number of hydrogen-bond acceptors (Lipinski definition) is 4. The fraction of sp³-hybridized carbons (Fsp3) is 0.467. The Morgan fingerprint density at radius 2 is 2.33 bits per heavy atom. The van der Waals surface area contributed by atoms with Crippen molar-refractivity contribution in [2.75, 3.05) is 12.3 Å². The fourth-order valence-electron chi connectivity index (χ4n) is 2.97. The lowest BCUT2D eigenvalue weighted by molar-refractivity contribution is 0.0871. The molecule has 21 heavy (non-hydrogen) atoms. The first kappa shape index (κ1) is 13.9. The van der Waals surface area contributed by atoms with Crippen LogP contribution in [0.25, 0.3) is 10.9 Å². The summed E-state index contributed by atoms with van der Waals surface area (Å²) in [6, 6.07) is 5.33. The van der Waals surface area contributed by atoms with Crippen LogP contribution in [0, 0.1) is 5.92 Å². The molecule has 5 N–H and O–H groups in total. The van der Waals surface area contributed by atoms with Gasteiger partial charge in [0.15, 0.2) is 5.69 Å². The number of hydrogen-bond donors (Lipinski definition) is 4. The Morgan fingerprint density at radius 1 is 1.48 bits per heavy atom. The molecule has 0 spiro atoms. The van der Waals surface area contributed by atoms with E-state index in [0.717, 1.165) is 36.6 Å². The van der Waals surface area contributed by atoms with Crippen molar-refractivity contribution in [1.29, 1.82) is 0 Å². The minimum atomic E-state index is -0.230. The molecule has 2 aromatic rings. The summed E-state index contributed by atoms with van der Waals surface area (Å²) in [6.45, 7) is 0.576. The summed E-state index contributed by atoms with van der Waals surface area (Å²) in [5.41, 5.74) is 7.53. The number of benzene rings is 1. The SMILES string of the molecule is Nc1ccc2[nH]nc(C(=O)NCC3CCCC(O)C3)c2c1. The maximum Gasteiger partial charge on any atom is 0.272 e. The molecule has 112 valence electrons. The van der Waals surface area contributed by atoms with Gasteiger partial charge in [-0.1, -0.05) is 6.42 Å². The third-order valence-electron chi connectivity index (χ3n) is 4.11. The zero-order valence-corrected chi connectivity index (χ0v) is 11.8. The van der Waals surface area contributed by atoms with Gasteiger partial charge in [-0.2, -0.15) is 5.10 Å². The topological polar surface area (TPSA) is 104 Å². The number of aliphatic hydroxyl groups excluding tert-OH is 1. The largest absolute Gasteiger partial charge is 0.399 e. The molecule has 6 nitrogen and oxygen atoms in total. The zero-order chi connectivity index (χ0) is 14.8. The Morgan fingerprint density at radius 3 is 3.14 bits per heavy atom. The molecular formula is C15H20N4O2. The van der Waals surface area contributed by atoms with E-state index in [-0.39, 0.29) is 12.0 Å². The van der Waals surface area contributed by atoms with Crippen LogP contribution in [-0.2, 0) is 0 Å². The molecule has 1 aromatic heterocycles. The fourth-order valence-corrected chi connectivity index (χ4v) is 2.97. The zero-order valence-electron chi connectivity index (χ0n) is 11.8. The predicted molar refractivity (Wildman–Crippen MR) is 80.8 cm³/mol. The van der Waals surface area contributed by atoms with Gasteiger partial charge in [-0.25, -0.2) is 0 Å². The second kappa shape index (κ2) is 5.73. The number of carbonyl (C=O) groups is 1. The summed E-state index contributed by atoms with van der Waals surface area (Å²) in [5.74, 6) is 0.139. The van der Waals surface area contributed by atoms with E-state index >= 15 is 0 Å². The van der Waals surface area contributed by atoms with Crippen LogP contribution < -0.4 is 11.1 Å². The molecule has 3 rings (SSSR count). The molecule has 0 aliphatic heterocycles. The van der Waals surface area contributed by atoms with Gasteiger partial charge in [0.1, 0.15) is 0 Å². The summed E-state index contributed by atoms with van der Waals surface area (Å²) >= 11 is 0. The molecular weight excluding hydrogens is 268 g/mol. The van der Waals surface area contributed by atoms with Crippen LogP contribution in [0.5, 0.6) is 0 Å². The molecule has 1 heterocycles. The second-order valence-corrected chi connectivity index (χ2v) is 5.77. The van der Waals surface area contributed by atoms with Crippen molar-refractivity contribution in [1.82, 2.24) is 15.5 Å². The maximum absolute atomic E-state index is 12.3. The minimum Gasteiger partial charge on any atom is -0.399 e. The quantitative estimate of drug-likeness (QED) is 0.641. The third-order valence-corrected chi connectivity index (χ3v) is 4.11. The first-order chi connectivity index (χ1) is 10.1. The minimum absolute atomic E-state index is 0.202. The number of nitrogen functional groups attached to an aromatic ring is 1. The molecule has 1 saturated carbocycles. The number of H-pyrrole nitrogens is 1. The number of amides is 1. The van der Waals surface area contributed by atoms with Gasteiger partial charge >= 0.3 is 0 Å². The van der Waals surface area contributed by atoms with Crippen LogP contribution in [-0.4, -0.2) is 33.9 Å². The molecule has 1 amide bonds. The number of aliphatic hydroxyl groups is 1. The van der Waals surface area contributed by atoms with E-state index < -0.39 is 0 Å². The lowest BCUT2D eigenvalue weighted by Gasteiger charge is -2.25. The number of anilines is 1. The smallest absolute Gasteiger partial charge is 0.272 e. The standard InChI is InChI=1S/C15H20N4O2/c16-10-4-5-13-12(7-10)14(19-18-13)15(21)17-8-9-2-1-3-11(20)6-9/h4-5,7,9,11,20H,1-3,6,8,16H2,(H,17,21)(H,18,19). The van der Waals surface area contributed by atoms with E-state index in [1.165, 1.54) is 0 Å². The summed E-state index contributed by atoms with van der Waals surface area (Å²) < 4.78 is 0. The molecule has 1 aliphatic rings. The molecule has 0 saturated heterocycles. The van der Waals surface area contributed by atoms with Gasteiger partial charge < -0.3 is 16.2 Å². The number of nitrogens with two attached hydrogens (primary N) is 1. The van der Waals surface area contributed by atoms with Crippen molar-refractivity contribution >= 4 is 22.5 Å². The summed E-state index contributed by atoms with van der Waals surface area (Å²) in [6.07, 6.45) is 3.46. The van der Waals surface area contributed by atoms with Gasteiger partial charge in [-0.15, -0.1) is 0 Å². The van der Waals surface area contributed by atoms with E-state index in [0.29, 0.717) is 23.8 Å². The van der Waals surface area contributed by atoms with E-state index in [9.17, 15) is 9.90 Å². The van der Waals surface area contributed by atoms with Crippen molar-refractivity contribution in [2.45, 2.75) is 31.8 Å². The Balaban J connectivity index is 1.68. The monoisotopic (exact) mass is 288 g/mol. The maximum atomic E-state index is 12.3. The molecule has 0 bridgehead atoms.